The van der Waals surface area contributed by atoms with E-state index in [1.54, 1.807) is 12.5 Å². The lowest BCUT2D eigenvalue weighted by atomic mass is 9.95. The highest BCUT2D eigenvalue weighted by atomic mass is 15.0. The molecule has 0 saturated carbocycles. The zero-order valence-electron chi connectivity index (χ0n) is 11.4. The average molecular weight is 260 g/mol. The van der Waals surface area contributed by atoms with E-state index in [9.17, 15) is 0 Å². The van der Waals surface area contributed by atoms with Crippen LogP contribution in [0.15, 0.2) is 73.3 Å². The van der Waals surface area contributed by atoms with Crippen molar-refractivity contribution >= 4 is 11.8 Å². The second kappa shape index (κ2) is 5.57. The summed E-state index contributed by atoms with van der Waals surface area (Å²) in [5, 5.41) is 0. The molecule has 0 amide bonds. The van der Waals surface area contributed by atoms with Crippen LogP contribution >= 0.6 is 0 Å². The molecular formula is C18H16N2. The summed E-state index contributed by atoms with van der Waals surface area (Å²) < 4.78 is 1.98. The first-order chi connectivity index (χ1) is 9.84. The van der Waals surface area contributed by atoms with Crippen LogP contribution in [0.1, 0.15) is 16.7 Å². The monoisotopic (exact) mass is 260 g/mol. The quantitative estimate of drug-likeness (QED) is 0.688. The topological polar surface area (TPSA) is 17.8 Å². The first kappa shape index (κ1) is 12.4. The molecular weight excluding hydrogens is 244 g/mol. The van der Waals surface area contributed by atoms with Crippen molar-refractivity contribution in [3.63, 3.8) is 0 Å². The van der Waals surface area contributed by atoms with Crippen molar-refractivity contribution in [3.8, 4) is 0 Å². The summed E-state index contributed by atoms with van der Waals surface area (Å²) in [6.45, 7) is 2.14. The molecule has 3 rings (SSSR count). The maximum Gasteiger partial charge on any atom is 0.0986 e. The Morgan fingerprint density at radius 2 is 1.75 bits per heavy atom. The number of hydrogen-bond donors (Lipinski definition) is 0. The van der Waals surface area contributed by atoms with Crippen LogP contribution < -0.4 is 0 Å². The van der Waals surface area contributed by atoms with Crippen LogP contribution in [0.2, 0.25) is 0 Å². The lowest BCUT2D eigenvalue weighted by Gasteiger charge is -2.11. The van der Waals surface area contributed by atoms with Crippen molar-refractivity contribution in [3.05, 3.63) is 90.0 Å². The molecule has 0 aliphatic heterocycles. The van der Waals surface area contributed by atoms with E-state index < -0.39 is 0 Å². The summed E-state index contributed by atoms with van der Waals surface area (Å²) in [6.07, 6.45) is 7.66. The Bertz CT molecular complexity index is 710. The molecule has 0 fully saturated rings. The van der Waals surface area contributed by atoms with Gasteiger partial charge in [-0.1, -0.05) is 54.6 Å². The van der Waals surface area contributed by atoms with Gasteiger partial charge in [-0.05, 0) is 23.6 Å². The van der Waals surface area contributed by atoms with Gasteiger partial charge in [-0.2, -0.15) is 0 Å². The molecule has 0 saturated heterocycles. The average Bonchev–Trinajstić information content (AvgIpc) is 3.00. The van der Waals surface area contributed by atoms with E-state index in [1.165, 1.54) is 22.3 Å². The van der Waals surface area contributed by atoms with E-state index in [-0.39, 0.29) is 0 Å². The van der Waals surface area contributed by atoms with E-state index in [2.05, 4.69) is 66.6 Å². The van der Waals surface area contributed by atoms with Crippen molar-refractivity contribution in [1.82, 2.24) is 9.55 Å². The second-order valence-corrected chi connectivity index (χ2v) is 4.73. The molecule has 1 aromatic heterocycles. The van der Waals surface area contributed by atoms with E-state index in [0.717, 1.165) is 0 Å². The molecule has 2 aromatic carbocycles. The smallest absolute Gasteiger partial charge is 0.0986 e. The molecule has 0 unspecified atom stereocenters. The highest BCUT2D eigenvalue weighted by molar-refractivity contribution is 5.88. The van der Waals surface area contributed by atoms with Crippen LogP contribution in [0.4, 0.5) is 0 Å². The third kappa shape index (κ3) is 2.54. The van der Waals surface area contributed by atoms with Crippen LogP contribution in [-0.2, 0) is 0 Å². The zero-order chi connectivity index (χ0) is 13.8. The van der Waals surface area contributed by atoms with Crippen LogP contribution in [-0.4, -0.2) is 9.55 Å². The van der Waals surface area contributed by atoms with E-state index >= 15 is 0 Å². The van der Waals surface area contributed by atoms with Crippen LogP contribution in [0.5, 0.6) is 0 Å². The Morgan fingerprint density at radius 3 is 2.45 bits per heavy atom. The minimum absolute atomic E-state index is 1.20. The zero-order valence-corrected chi connectivity index (χ0v) is 11.4. The Labute approximate surface area is 119 Å². The fourth-order valence-electron chi connectivity index (χ4n) is 2.29. The molecule has 0 aliphatic carbocycles. The number of nitrogens with zero attached hydrogens (tertiary/aromatic N) is 2. The number of aryl methyl sites for hydroxylation is 1. The third-order valence-corrected chi connectivity index (χ3v) is 3.32. The van der Waals surface area contributed by atoms with Crippen LogP contribution in [0.3, 0.4) is 0 Å². The molecule has 0 aliphatic rings. The van der Waals surface area contributed by atoms with Gasteiger partial charge < -0.3 is 4.57 Å². The predicted molar refractivity (Wildman–Crippen MR) is 83.1 cm³/mol. The molecule has 0 spiro atoms. The molecule has 0 N–H and O–H groups in total. The van der Waals surface area contributed by atoms with Gasteiger partial charge in [0.25, 0.3) is 0 Å². The van der Waals surface area contributed by atoms with Gasteiger partial charge in [0.15, 0.2) is 0 Å². The van der Waals surface area contributed by atoms with Crippen molar-refractivity contribution in [1.29, 1.82) is 0 Å². The fraction of sp³-hybridized carbons (Fsp3) is 0.0556. The molecule has 0 radical (unpaired) electrons. The summed E-state index contributed by atoms with van der Waals surface area (Å²) in [7, 11) is 0. The Morgan fingerprint density at radius 1 is 1.00 bits per heavy atom. The lowest BCUT2D eigenvalue weighted by Crippen LogP contribution is -1.93. The van der Waals surface area contributed by atoms with Gasteiger partial charge in [0.05, 0.1) is 6.33 Å². The third-order valence-electron chi connectivity index (χ3n) is 3.32. The molecule has 98 valence electrons. The van der Waals surface area contributed by atoms with Gasteiger partial charge in [-0.25, -0.2) is 4.98 Å². The summed E-state index contributed by atoms with van der Waals surface area (Å²) in [5.74, 6) is 0. The highest BCUT2D eigenvalue weighted by Crippen LogP contribution is 2.26. The lowest BCUT2D eigenvalue weighted by molar-refractivity contribution is 1.14. The first-order valence-electron chi connectivity index (χ1n) is 6.65. The van der Waals surface area contributed by atoms with Crippen molar-refractivity contribution < 1.29 is 0 Å². The molecule has 2 nitrogen and oxygen atoms in total. The van der Waals surface area contributed by atoms with Gasteiger partial charge in [-0.15, -0.1) is 0 Å². The maximum atomic E-state index is 4.10. The number of imidazole rings is 1. The number of aromatic nitrogens is 2. The summed E-state index contributed by atoms with van der Waals surface area (Å²) in [6, 6.07) is 18.9. The summed E-state index contributed by atoms with van der Waals surface area (Å²) in [4.78, 5) is 4.10. The SMILES string of the molecule is Cc1ccccc1C(=Cn1ccnc1)c1ccccc1. The van der Waals surface area contributed by atoms with Crippen LogP contribution in [0, 0.1) is 6.92 Å². The number of rotatable bonds is 3. The van der Waals surface area contributed by atoms with E-state index in [4.69, 9.17) is 0 Å². The normalized spacial score (nSPS) is 11.6. The summed E-state index contributed by atoms with van der Waals surface area (Å²) in [5.41, 5.74) is 4.91. The van der Waals surface area contributed by atoms with Gasteiger partial charge in [0, 0.05) is 24.2 Å². The molecule has 20 heavy (non-hydrogen) atoms. The van der Waals surface area contributed by atoms with Crippen molar-refractivity contribution in [2.45, 2.75) is 6.92 Å². The van der Waals surface area contributed by atoms with Crippen molar-refractivity contribution in [2.24, 2.45) is 0 Å². The van der Waals surface area contributed by atoms with E-state index in [0.29, 0.717) is 0 Å². The predicted octanol–water partition coefficient (Wildman–Crippen LogP) is 4.24. The van der Waals surface area contributed by atoms with E-state index in [1.807, 2.05) is 16.8 Å². The number of hydrogen-bond acceptors (Lipinski definition) is 1. The maximum absolute atomic E-state index is 4.10. The van der Waals surface area contributed by atoms with Gasteiger partial charge in [0.2, 0.25) is 0 Å². The molecule has 3 aromatic rings. The number of benzene rings is 2. The molecule has 1 heterocycles. The minimum atomic E-state index is 1.20. The first-order valence-corrected chi connectivity index (χ1v) is 6.65. The second-order valence-electron chi connectivity index (χ2n) is 4.73. The largest absolute Gasteiger partial charge is 0.312 e. The molecule has 0 atom stereocenters. The Hall–Kier alpha value is -2.61. The van der Waals surface area contributed by atoms with Crippen LogP contribution in [0.25, 0.3) is 11.8 Å². The summed E-state index contributed by atoms with van der Waals surface area (Å²) >= 11 is 0. The van der Waals surface area contributed by atoms with Gasteiger partial charge in [-0.3, -0.25) is 0 Å². The van der Waals surface area contributed by atoms with Gasteiger partial charge in [0.1, 0.15) is 0 Å². The fourth-order valence-corrected chi connectivity index (χ4v) is 2.29. The highest BCUT2D eigenvalue weighted by Gasteiger charge is 2.07. The Kier molecular flexibility index (Phi) is 3.46. The Balaban J connectivity index is 2.17. The molecule has 0 bridgehead atoms. The minimum Gasteiger partial charge on any atom is -0.312 e. The van der Waals surface area contributed by atoms with Gasteiger partial charge >= 0.3 is 0 Å². The van der Waals surface area contributed by atoms with Crippen molar-refractivity contribution in [2.75, 3.05) is 0 Å². The molecule has 2 heteroatoms. The standard InChI is InChI=1S/C18H16N2/c1-15-7-5-6-10-17(15)18(13-20-12-11-19-14-20)16-8-3-2-4-9-16/h2-14H,1H3.